The first-order chi connectivity index (χ1) is 10.2. The molecule has 0 aliphatic carbocycles. The van der Waals surface area contributed by atoms with Gasteiger partial charge in [0.05, 0.1) is 0 Å². The molecular formula is C16H30N4O. The Morgan fingerprint density at radius 1 is 1.48 bits per heavy atom. The van der Waals surface area contributed by atoms with Crippen LogP contribution >= 0.6 is 0 Å². The summed E-state index contributed by atoms with van der Waals surface area (Å²) < 4.78 is 7.58. The maximum Gasteiger partial charge on any atom is 0.138 e. The molecule has 5 nitrogen and oxygen atoms in total. The highest BCUT2D eigenvalue weighted by Gasteiger charge is 2.22. The van der Waals surface area contributed by atoms with Crippen LogP contribution in [0, 0.1) is 11.8 Å². The molecular weight excluding hydrogens is 264 g/mol. The summed E-state index contributed by atoms with van der Waals surface area (Å²) in [4.78, 5) is 4.47. The Balaban J connectivity index is 1.94. The smallest absolute Gasteiger partial charge is 0.138 e. The molecule has 1 aromatic rings. The Morgan fingerprint density at radius 2 is 2.33 bits per heavy atom. The van der Waals surface area contributed by atoms with E-state index in [0.29, 0.717) is 17.9 Å². The lowest BCUT2D eigenvalue weighted by atomic mass is 9.96. The molecule has 2 heterocycles. The highest BCUT2D eigenvalue weighted by Crippen LogP contribution is 2.20. The summed E-state index contributed by atoms with van der Waals surface area (Å²) in [5.74, 6) is 2.40. The minimum atomic E-state index is 0.478. The lowest BCUT2D eigenvalue weighted by Crippen LogP contribution is -2.35. The van der Waals surface area contributed by atoms with E-state index in [0.717, 1.165) is 45.0 Å². The van der Waals surface area contributed by atoms with Crippen LogP contribution in [0.25, 0.3) is 0 Å². The normalized spacial score (nSPS) is 20.3. The molecule has 0 aromatic carbocycles. The second-order valence-electron chi connectivity index (χ2n) is 6.57. The van der Waals surface area contributed by atoms with Crippen molar-refractivity contribution in [2.45, 2.75) is 59.0 Å². The number of nitrogens with one attached hydrogen (secondary N) is 1. The summed E-state index contributed by atoms with van der Waals surface area (Å²) in [6, 6.07) is 0.478. The number of aromatic nitrogens is 3. The van der Waals surface area contributed by atoms with Crippen molar-refractivity contribution in [2.75, 3.05) is 19.8 Å². The third kappa shape index (κ3) is 5.40. The molecule has 0 amide bonds. The third-order valence-electron chi connectivity index (χ3n) is 3.99. The molecule has 21 heavy (non-hydrogen) atoms. The van der Waals surface area contributed by atoms with Gasteiger partial charge in [-0.15, -0.1) is 0 Å². The maximum atomic E-state index is 5.51. The molecule has 1 saturated heterocycles. The van der Waals surface area contributed by atoms with Crippen LogP contribution < -0.4 is 5.32 Å². The van der Waals surface area contributed by atoms with Gasteiger partial charge in [0.25, 0.3) is 0 Å². The fraction of sp³-hybridized carbons (Fsp3) is 0.875. The molecule has 1 aromatic heterocycles. The monoisotopic (exact) mass is 294 g/mol. The van der Waals surface area contributed by atoms with E-state index in [1.54, 1.807) is 6.33 Å². The van der Waals surface area contributed by atoms with Crippen molar-refractivity contribution in [3.05, 3.63) is 12.2 Å². The Labute approximate surface area is 128 Å². The molecule has 2 rings (SSSR count). The highest BCUT2D eigenvalue weighted by molar-refractivity contribution is 4.91. The Hall–Kier alpha value is -0.940. The Bertz CT molecular complexity index is 399. The van der Waals surface area contributed by atoms with Crippen LogP contribution in [-0.2, 0) is 17.7 Å². The molecule has 1 N–H and O–H groups in total. The zero-order chi connectivity index (χ0) is 15.1. The summed E-state index contributed by atoms with van der Waals surface area (Å²) in [7, 11) is 0. The van der Waals surface area contributed by atoms with Crippen molar-refractivity contribution in [3.63, 3.8) is 0 Å². The molecule has 0 radical (unpaired) electrons. The van der Waals surface area contributed by atoms with Crippen LogP contribution in [0.4, 0.5) is 0 Å². The molecule has 2 atom stereocenters. The van der Waals surface area contributed by atoms with Crippen molar-refractivity contribution >= 4 is 0 Å². The van der Waals surface area contributed by atoms with Gasteiger partial charge in [0.15, 0.2) is 0 Å². The first-order valence-corrected chi connectivity index (χ1v) is 8.36. The highest BCUT2D eigenvalue weighted by atomic mass is 16.5. The number of ether oxygens (including phenoxy) is 1. The Morgan fingerprint density at radius 3 is 3.00 bits per heavy atom. The summed E-state index contributed by atoms with van der Waals surface area (Å²) in [5, 5.41) is 8.05. The van der Waals surface area contributed by atoms with Gasteiger partial charge in [0, 0.05) is 32.2 Å². The molecule has 5 heteroatoms. The summed E-state index contributed by atoms with van der Waals surface area (Å²) in [6.45, 7) is 10.5. The van der Waals surface area contributed by atoms with E-state index >= 15 is 0 Å². The van der Waals surface area contributed by atoms with Crippen LogP contribution in [0.1, 0.15) is 45.9 Å². The van der Waals surface area contributed by atoms with E-state index in [-0.39, 0.29) is 0 Å². The molecule has 1 aliphatic heterocycles. The Kier molecular flexibility index (Phi) is 6.64. The molecule has 0 bridgehead atoms. The van der Waals surface area contributed by atoms with Gasteiger partial charge in [-0.2, -0.15) is 5.10 Å². The van der Waals surface area contributed by atoms with E-state index in [2.05, 4.69) is 40.9 Å². The van der Waals surface area contributed by atoms with Crippen molar-refractivity contribution in [2.24, 2.45) is 11.8 Å². The molecule has 0 saturated carbocycles. The third-order valence-corrected chi connectivity index (χ3v) is 3.99. The van der Waals surface area contributed by atoms with Crippen LogP contribution in [0.5, 0.6) is 0 Å². The average Bonchev–Trinajstić information content (AvgIpc) is 3.08. The number of nitrogens with zero attached hydrogens (tertiary/aromatic N) is 3. The minimum Gasteiger partial charge on any atom is -0.381 e. The predicted octanol–water partition coefficient (Wildman–Crippen LogP) is 2.27. The van der Waals surface area contributed by atoms with Gasteiger partial charge in [0.2, 0.25) is 0 Å². The maximum absolute atomic E-state index is 5.51. The summed E-state index contributed by atoms with van der Waals surface area (Å²) in [5.41, 5.74) is 0. The molecule has 120 valence electrons. The first kappa shape index (κ1) is 16.4. The van der Waals surface area contributed by atoms with Gasteiger partial charge in [-0.05, 0) is 37.6 Å². The zero-order valence-electron chi connectivity index (χ0n) is 13.7. The lowest BCUT2D eigenvalue weighted by Gasteiger charge is -2.21. The largest absolute Gasteiger partial charge is 0.381 e. The molecule has 1 fully saturated rings. The van der Waals surface area contributed by atoms with E-state index in [4.69, 9.17) is 4.74 Å². The van der Waals surface area contributed by atoms with Crippen LogP contribution in [-0.4, -0.2) is 40.6 Å². The van der Waals surface area contributed by atoms with E-state index < -0.39 is 0 Å². The van der Waals surface area contributed by atoms with Crippen LogP contribution in [0.3, 0.4) is 0 Å². The van der Waals surface area contributed by atoms with Gasteiger partial charge < -0.3 is 10.1 Å². The van der Waals surface area contributed by atoms with Gasteiger partial charge in [-0.1, -0.05) is 20.8 Å². The summed E-state index contributed by atoms with van der Waals surface area (Å²) in [6.07, 6.45) is 6.18. The van der Waals surface area contributed by atoms with Crippen molar-refractivity contribution in [1.82, 2.24) is 20.1 Å². The molecule has 2 unspecified atom stereocenters. The molecule has 1 aliphatic rings. The van der Waals surface area contributed by atoms with E-state index in [9.17, 15) is 0 Å². The predicted molar refractivity (Wildman–Crippen MR) is 84.2 cm³/mol. The fourth-order valence-electron chi connectivity index (χ4n) is 2.92. The fourth-order valence-corrected chi connectivity index (χ4v) is 2.92. The minimum absolute atomic E-state index is 0.478. The average molecular weight is 294 g/mol. The van der Waals surface area contributed by atoms with Gasteiger partial charge >= 0.3 is 0 Å². The topological polar surface area (TPSA) is 52.0 Å². The lowest BCUT2D eigenvalue weighted by molar-refractivity contribution is 0.181. The zero-order valence-corrected chi connectivity index (χ0v) is 13.7. The van der Waals surface area contributed by atoms with E-state index in [1.165, 1.54) is 12.8 Å². The van der Waals surface area contributed by atoms with Crippen molar-refractivity contribution in [1.29, 1.82) is 0 Å². The summed E-state index contributed by atoms with van der Waals surface area (Å²) >= 11 is 0. The number of hydrogen-bond donors (Lipinski definition) is 1. The first-order valence-electron chi connectivity index (χ1n) is 8.36. The second kappa shape index (κ2) is 8.49. The van der Waals surface area contributed by atoms with Gasteiger partial charge in [-0.3, -0.25) is 0 Å². The van der Waals surface area contributed by atoms with Crippen LogP contribution in [0.15, 0.2) is 6.33 Å². The van der Waals surface area contributed by atoms with Gasteiger partial charge in [-0.25, -0.2) is 9.67 Å². The van der Waals surface area contributed by atoms with Crippen molar-refractivity contribution in [3.8, 4) is 0 Å². The second-order valence-corrected chi connectivity index (χ2v) is 6.57. The SMILES string of the molecule is CCCNC(Cc1ncnn1CC(C)C)CC1CCOC1. The molecule has 0 spiro atoms. The van der Waals surface area contributed by atoms with Gasteiger partial charge in [0.1, 0.15) is 12.2 Å². The van der Waals surface area contributed by atoms with Crippen LogP contribution in [0.2, 0.25) is 0 Å². The standard InChI is InChI=1S/C16H30N4O/c1-4-6-17-15(8-14-5-7-21-11-14)9-16-18-12-19-20(16)10-13(2)3/h12-15,17H,4-11H2,1-3H3. The van der Waals surface area contributed by atoms with E-state index in [1.807, 2.05) is 0 Å². The quantitative estimate of drug-likeness (QED) is 0.759. The number of rotatable bonds is 9. The van der Waals surface area contributed by atoms with Crippen molar-refractivity contribution < 1.29 is 4.74 Å². The number of hydrogen-bond acceptors (Lipinski definition) is 4.